The molecule has 33 heavy (non-hydrogen) atoms. The fraction of sp³-hybridized carbons (Fsp3) is 0.385. The van der Waals surface area contributed by atoms with E-state index in [2.05, 4.69) is 41.5 Å². The predicted octanol–water partition coefficient (Wildman–Crippen LogP) is 4.20. The molecule has 7 nitrogen and oxygen atoms in total. The zero-order valence-electron chi connectivity index (χ0n) is 20.2. The van der Waals surface area contributed by atoms with E-state index in [9.17, 15) is 9.59 Å². The second-order valence-electron chi connectivity index (χ2n) is 9.68. The Morgan fingerprint density at radius 3 is 2.06 bits per heavy atom. The number of aromatic nitrogens is 3. The summed E-state index contributed by atoms with van der Waals surface area (Å²) in [5.41, 5.74) is 3.55. The van der Waals surface area contributed by atoms with E-state index in [1.54, 1.807) is 11.0 Å². The van der Waals surface area contributed by atoms with E-state index in [0.29, 0.717) is 5.56 Å². The lowest BCUT2D eigenvalue weighted by molar-refractivity contribution is -0.124. The molecule has 2 aromatic carbocycles. The first-order valence-corrected chi connectivity index (χ1v) is 11.2. The second-order valence-corrected chi connectivity index (χ2v) is 9.68. The number of rotatable bonds is 7. The molecule has 2 N–H and O–H groups in total. The summed E-state index contributed by atoms with van der Waals surface area (Å²) < 4.78 is 1.67. The van der Waals surface area contributed by atoms with Crippen LogP contribution in [-0.4, -0.2) is 32.6 Å². The first kappa shape index (κ1) is 24.2. The normalized spacial score (nSPS) is 13.4. The van der Waals surface area contributed by atoms with Crippen molar-refractivity contribution in [2.24, 2.45) is 5.92 Å². The average Bonchev–Trinajstić information content (AvgIpc) is 3.31. The first-order chi connectivity index (χ1) is 15.6. The molecule has 0 fully saturated rings. The van der Waals surface area contributed by atoms with Gasteiger partial charge in [-0.1, -0.05) is 58.9 Å². The number of carbonyl (C=O) groups excluding carboxylic acids is 2. The molecule has 3 rings (SSSR count). The minimum Gasteiger partial charge on any atom is -0.348 e. The zero-order valence-corrected chi connectivity index (χ0v) is 20.2. The van der Waals surface area contributed by atoms with Crippen LogP contribution in [0.5, 0.6) is 0 Å². The maximum absolute atomic E-state index is 13.0. The van der Waals surface area contributed by atoms with Crippen LogP contribution in [0.25, 0.3) is 5.69 Å². The Bertz CT molecular complexity index is 1070. The smallest absolute Gasteiger partial charge is 0.251 e. The highest BCUT2D eigenvalue weighted by Gasteiger charge is 2.26. The van der Waals surface area contributed by atoms with Gasteiger partial charge in [-0.25, -0.2) is 9.67 Å². The topological polar surface area (TPSA) is 88.9 Å². The molecule has 0 aliphatic heterocycles. The van der Waals surface area contributed by atoms with E-state index >= 15 is 0 Å². The van der Waals surface area contributed by atoms with Crippen molar-refractivity contribution in [2.75, 3.05) is 0 Å². The number of carbonyl (C=O) groups is 2. The van der Waals surface area contributed by atoms with Crippen LogP contribution in [0, 0.1) is 5.92 Å². The first-order valence-electron chi connectivity index (χ1n) is 11.2. The molecule has 7 heteroatoms. The van der Waals surface area contributed by atoms with E-state index in [1.165, 1.54) is 6.33 Å². The van der Waals surface area contributed by atoms with Crippen molar-refractivity contribution in [3.05, 3.63) is 77.9 Å². The molecule has 0 radical (unpaired) electrons. The fourth-order valence-corrected chi connectivity index (χ4v) is 3.52. The van der Waals surface area contributed by atoms with Gasteiger partial charge < -0.3 is 10.6 Å². The molecule has 2 atom stereocenters. The molecular formula is C26H33N5O2. The van der Waals surface area contributed by atoms with Gasteiger partial charge >= 0.3 is 0 Å². The van der Waals surface area contributed by atoms with Crippen LogP contribution in [0.3, 0.4) is 0 Å². The van der Waals surface area contributed by atoms with Gasteiger partial charge in [0.1, 0.15) is 18.7 Å². The molecule has 1 aromatic heterocycles. The summed E-state index contributed by atoms with van der Waals surface area (Å²) in [7, 11) is 0. The van der Waals surface area contributed by atoms with Gasteiger partial charge in [0, 0.05) is 5.56 Å². The highest BCUT2D eigenvalue weighted by Crippen LogP contribution is 2.22. The van der Waals surface area contributed by atoms with Crippen molar-refractivity contribution >= 4 is 11.8 Å². The third-order valence-corrected chi connectivity index (χ3v) is 5.68. The third-order valence-electron chi connectivity index (χ3n) is 5.68. The number of hydrogen-bond donors (Lipinski definition) is 2. The SMILES string of the molecule is CC(NC(=O)[C@H](NC(=O)c1ccc(C(C)(C)C)cc1)C(C)C)c1ccc(-n2cncn2)cc1. The number of nitrogens with one attached hydrogen (secondary N) is 2. The van der Waals surface area contributed by atoms with Gasteiger partial charge in [-0.3, -0.25) is 9.59 Å². The van der Waals surface area contributed by atoms with Gasteiger partial charge in [0.05, 0.1) is 11.7 Å². The van der Waals surface area contributed by atoms with Gasteiger partial charge in [-0.2, -0.15) is 5.10 Å². The maximum Gasteiger partial charge on any atom is 0.251 e. The predicted molar refractivity (Wildman–Crippen MR) is 129 cm³/mol. The second kappa shape index (κ2) is 9.98. The minimum absolute atomic E-state index is 0.0129. The lowest BCUT2D eigenvalue weighted by Gasteiger charge is -2.24. The van der Waals surface area contributed by atoms with Crippen LogP contribution >= 0.6 is 0 Å². The summed E-state index contributed by atoms with van der Waals surface area (Å²) in [5.74, 6) is -0.531. The summed E-state index contributed by atoms with van der Waals surface area (Å²) in [5, 5.41) is 10.1. The summed E-state index contributed by atoms with van der Waals surface area (Å²) in [4.78, 5) is 29.8. The van der Waals surface area contributed by atoms with Gasteiger partial charge in [0.2, 0.25) is 5.91 Å². The van der Waals surface area contributed by atoms with Crippen molar-refractivity contribution in [3.8, 4) is 5.69 Å². The molecule has 0 aliphatic rings. The third kappa shape index (κ3) is 6.06. The summed E-state index contributed by atoms with van der Waals surface area (Å²) in [6.07, 6.45) is 3.11. The average molecular weight is 448 g/mol. The van der Waals surface area contributed by atoms with Crippen LogP contribution in [0.15, 0.2) is 61.2 Å². The summed E-state index contributed by atoms with van der Waals surface area (Å²) in [6.45, 7) is 12.2. The molecular weight excluding hydrogens is 414 g/mol. The Morgan fingerprint density at radius 2 is 1.55 bits per heavy atom. The number of benzene rings is 2. The molecule has 1 unspecified atom stereocenters. The lowest BCUT2D eigenvalue weighted by Crippen LogP contribution is -2.50. The van der Waals surface area contributed by atoms with Crippen molar-refractivity contribution in [3.63, 3.8) is 0 Å². The van der Waals surface area contributed by atoms with Crippen LogP contribution in [-0.2, 0) is 10.2 Å². The van der Waals surface area contributed by atoms with Crippen LogP contribution in [0.2, 0.25) is 0 Å². The lowest BCUT2D eigenvalue weighted by atomic mass is 9.86. The van der Waals surface area contributed by atoms with Crippen LogP contribution in [0.1, 0.15) is 69.1 Å². The molecule has 2 amide bonds. The quantitative estimate of drug-likeness (QED) is 0.568. The number of hydrogen-bond acceptors (Lipinski definition) is 4. The molecule has 0 bridgehead atoms. The Labute approximate surface area is 195 Å². The van der Waals surface area contributed by atoms with Crippen molar-refractivity contribution in [1.29, 1.82) is 0 Å². The Balaban J connectivity index is 1.65. The van der Waals surface area contributed by atoms with E-state index in [-0.39, 0.29) is 29.2 Å². The zero-order chi connectivity index (χ0) is 24.2. The Hall–Kier alpha value is -3.48. The molecule has 3 aromatic rings. The van der Waals surface area contributed by atoms with Crippen molar-refractivity contribution < 1.29 is 9.59 Å². The molecule has 1 heterocycles. The molecule has 174 valence electrons. The standard InChI is InChI=1S/C26H33N5O2/c1-17(2)23(30-24(32)20-7-11-21(12-8-20)26(4,5)6)25(33)29-18(3)19-9-13-22(14-10-19)31-16-27-15-28-31/h7-18,23H,1-6H3,(H,29,33)(H,30,32)/t18?,23-/m1/s1. The maximum atomic E-state index is 13.0. The Kier molecular flexibility index (Phi) is 7.31. The van der Waals surface area contributed by atoms with Gasteiger partial charge in [-0.15, -0.1) is 0 Å². The van der Waals surface area contributed by atoms with Crippen molar-refractivity contribution in [2.45, 2.75) is 59.0 Å². The summed E-state index contributed by atoms with van der Waals surface area (Å²) >= 11 is 0. The van der Waals surface area contributed by atoms with Gasteiger partial charge in [0.25, 0.3) is 5.91 Å². The molecule has 0 saturated heterocycles. The highest BCUT2D eigenvalue weighted by molar-refractivity contribution is 5.97. The van der Waals surface area contributed by atoms with E-state index in [1.807, 2.05) is 69.3 Å². The fourth-order valence-electron chi connectivity index (χ4n) is 3.52. The highest BCUT2D eigenvalue weighted by atomic mass is 16.2. The van der Waals surface area contributed by atoms with Crippen molar-refractivity contribution in [1.82, 2.24) is 25.4 Å². The van der Waals surface area contributed by atoms with Crippen LogP contribution in [0.4, 0.5) is 0 Å². The van der Waals surface area contributed by atoms with E-state index in [0.717, 1.165) is 16.8 Å². The number of amides is 2. The molecule has 0 saturated carbocycles. The van der Waals surface area contributed by atoms with E-state index < -0.39 is 6.04 Å². The molecule has 0 aliphatic carbocycles. The van der Waals surface area contributed by atoms with E-state index in [4.69, 9.17) is 0 Å². The number of nitrogens with zero attached hydrogens (tertiary/aromatic N) is 3. The minimum atomic E-state index is -0.642. The monoisotopic (exact) mass is 447 g/mol. The molecule has 0 spiro atoms. The summed E-state index contributed by atoms with van der Waals surface area (Å²) in [6, 6.07) is 14.4. The Morgan fingerprint density at radius 1 is 0.909 bits per heavy atom. The largest absolute Gasteiger partial charge is 0.348 e. The van der Waals surface area contributed by atoms with Crippen LogP contribution < -0.4 is 10.6 Å². The van der Waals surface area contributed by atoms with Gasteiger partial charge in [0.15, 0.2) is 0 Å². The van der Waals surface area contributed by atoms with Gasteiger partial charge in [-0.05, 0) is 53.6 Å².